The summed E-state index contributed by atoms with van der Waals surface area (Å²) in [5.41, 5.74) is 1.78. The minimum absolute atomic E-state index is 0.0417. The van der Waals surface area contributed by atoms with Crippen molar-refractivity contribution >= 4 is 0 Å². The van der Waals surface area contributed by atoms with E-state index in [0.29, 0.717) is 11.5 Å². The number of benzene rings is 1. The van der Waals surface area contributed by atoms with Gasteiger partial charge in [-0.15, -0.1) is 0 Å². The van der Waals surface area contributed by atoms with Gasteiger partial charge in [-0.2, -0.15) is 0 Å². The predicted molar refractivity (Wildman–Crippen MR) is 71.2 cm³/mol. The van der Waals surface area contributed by atoms with Gasteiger partial charge >= 0.3 is 0 Å². The molecule has 0 bridgehead atoms. The van der Waals surface area contributed by atoms with Crippen molar-refractivity contribution < 1.29 is 9.84 Å². The second kappa shape index (κ2) is 5.02. The zero-order valence-electron chi connectivity index (χ0n) is 10.8. The smallest absolute Gasteiger partial charge is 0.0720 e. The van der Waals surface area contributed by atoms with Crippen LogP contribution in [0.3, 0.4) is 0 Å². The lowest BCUT2D eigenvalue weighted by Crippen LogP contribution is -2.45. The van der Waals surface area contributed by atoms with Crippen LogP contribution in [0.15, 0.2) is 30.3 Å². The summed E-state index contributed by atoms with van der Waals surface area (Å²) in [6.07, 6.45) is 7.18. The molecule has 0 radical (unpaired) electrons. The first-order valence-electron chi connectivity index (χ1n) is 7.09. The van der Waals surface area contributed by atoms with Crippen LogP contribution in [0.5, 0.6) is 0 Å². The fourth-order valence-corrected chi connectivity index (χ4v) is 3.44. The quantitative estimate of drug-likeness (QED) is 0.886. The Balaban J connectivity index is 1.43. The van der Waals surface area contributed by atoms with Crippen LogP contribution < -0.4 is 0 Å². The van der Waals surface area contributed by atoms with E-state index >= 15 is 0 Å². The molecule has 18 heavy (non-hydrogen) atoms. The molecule has 0 amide bonds. The standard InChI is InChI=1S/C16H22O2/c17-14-6-8-16(9-7-14)10-15(11-16)18-12-13-4-2-1-3-5-13/h1-5,14-15,17H,6-12H2. The molecule has 0 heterocycles. The van der Waals surface area contributed by atoms with E-state index in [4.69, 9.17) is 4.74 Å². The fourth-order valence-electron chi connectivity index (χ4n) is 3.44. The number of hydrogen-bond donors (Lipinski definition) is 1. The number of rotatable bonds is 3. The molecular formula is C16H22O2. The topological polar surface area (TPSA) is 29.5 Å². The van der Waals surface area contributed by atoms with Crippen LogP contribution in [0, 0.1) is 5.41 Å². The van der Waals surface area contributed by atoms with Crippen molar-refractivity contribution in [2.24, 2.45) is 5.41 Å². The highest BCUT2D eigenvalue weighted by Crippen LogP contribution is 2.52. The van der Waals surface area contributed by atoms with Crippen LogP contribution in [0.1, 0.15) is 44.1 Å². The summed E-state index contributed by atoms with van der Waals surface area (Å²) in [6.45, 7) is 0.740. The van der Waals surface area contributed by atoms with Crippen molar-refractivity contribution in [2.45, 2.75) is 57.3 Å². The van der Waals surface area contributed by atoms with Crippen molar-refractivity contribution in [3.63, 3.8) is 0 Å². The Morgan fingerprint density at radius 1 is 1.11 bits per heavy atom. The van der Waals surface area contributed by atoms with Gasteiger partial charge in [-0.25, -0.2) is 0 Å². The summed E-state index contributed by atoms with van der Waals surface area (Å²) >= 11 is 0. The van der Waals surface area contributed by atoms with Gasteiger partial charge in [-0.3, -0.25) is 0 Å². The fraction of sp³-hybridized carbons (Fsp3) is 0.625. The zero-order chi connectivity index (χ0) is 12.4. The molecule has 2 aliphatic rings. The number of ether oxygens (including phenoxy) is 1. The Kier molecular flexibility index (Phi) is 3.40. The van der Waals surface area contributed by atoms with Crippen LogP contribution in [-0.4, -0.2) is 17.3 Å². The van der Waals surface area contributed by atoms with E-state index in [1.807, 2.05) is 6.07 Å². The molecule has 0 aliphatic heterocycles. The maximum absolute atomic E-state index is 9.55. The van der Waals surface area contributed by atoms with E-state index in [9.17, 15) is 5.11 Å². The summed E-state index contributed by atoms with van der Waals surface area (Å²) in [5.74, 6) is 0. The van der Waals surface area contributed by atoms with Crippen LogP contribution in [0.25, 0.3) is 0 Å². The molecular weight excluding hydrogens is 224 g/mol. The monoisotopic (exact) mass is 246 g/mol. The number of aliphatic hydroxyl groups excluding tert-OH is 1. The van der Waals surface area contributed by atoms with Gasteiger partial charge < -0.3 is 9.84 Å². The van der Waals surface area contributed by atoms with Gasteiger partial charge in [0, 0.05) is 0 Å². The van der Waals surface area contributed by atoms with Crippen LogP contribution >= 0.6 is 0 Å². The molecule has 1 aromatic carbocycles. The molecule has 0 aromatic heterocycles. The highest BCUT2D eigenvalue weighted by atomic mass is 16.5. The highest BCUT2D eigenvalue weighted by Gasteiger charge is 2.46. The maximum atomic E-state index is 9.55. The summed E-state index contributed by atoms with van der Waals surface area (Å²) in [4.78, 5) is 0. The molecule has 0 unspecified atom stereocenters. The molecule has 1 aromatic rings. The Labute approximate surface area is 109 Å². The number of hydrogen-bond acceptors (Lipinski definition) is 2. The highest BCUT2D eigenvalue weighted by molar-refractivity contribution is 5.13. The van der Waals surface area contributed by atoms with Crippen molar-refractivity contribution in [1.29, 1.82) is 0 Å². The van der Waals surface area contributed by atoms with Gasteiger partial charge in [0.25, 0.3) is 0 Å². The van der Waals surface area contributed by atoms with Gasteiger partial charge in [-0.05, 0) is 49.5 Å². The Hall–Kier alpha value is -0.860. The molecule has 98 valence electrons. The molecule has 3 rings (SSSR count). The minimum Gasteiger partial charge on any atom is -0.393 e. The van der Waals surface area contributed by atoms with Gasteiger partial charge in [0.15, 0.2) is 0 Å². The molecule has 2 heteroatoms. The van der Waals surface area contributed by atoms with E-state index in [2.05, 4.69) is 24.3 Å². The lowest BCUT2D eigenvalue weighted by Gasteiger charge is -2.50. The average Bonchev–Trinajstić information content (AvgIpc) is 2.37. The van der Waals surface area contributed by atoms with Crippen molar-refractivity contribution in [3.8, 4) is 0 Å². The van der Waals surface area contributed by atoms with Gasteiger partial charge in [0.1, 0.15) is 0 Å². The molecule has 1 spiro atoms. The lowest BCUT2D eigenvalue weighted by molar-refractivity contribution is -0.113. The largest absolute Gasteiger partial charge is 0.393 e. The Morgan fingerprint density at radius 2 is 1.78 bits per heavy atom. The van der Waals surface area contributed by atoms with Crippen LogP contribution in [-0.2, 0) is 11.3 Å². The molecule has 2 nitrogen and oxygen atoms in total. The first-order chi connectivity index (χ1) is 8.76. The second-order valence-electron chi connectivity index (χ2n) is 6.06. The molecule has 2 saturated carbocycles. The first-order valence-corrected chi connectivity index (χ1v) is 7.09. The normalized spacial score (nSPS) is 35.4. The van der Waals surface area contributed by atoms with Crippen molar-refractivity contribution in [1.82, 2.24) is 0 Å². The van der Waals surface area contributed by atoms with E-state index in [0.717, 1.165) is 19.4 Å². The average molecular weight is 246 g/mol. The van der Waals surface area contributed by atoms with Crippen LogP contribution in [0.4, 0.5) is 0 Å². The SMILES string of the molecule is OC1CCC2(CC1)CC(OCc1ccccc1)C2. The van der Waals surface area contributed by atoms with Gasteiger partial charge in [-0.1, -0.05) is 30.3 Å². The van der Waals surface area contributed by atoms with E-state index in [1.165, 1.54) is 31.2 Å². The van der Waals surface area contributed by atoms with E-state index in [1.54, 1.807) is 0 Å². The number of aliphatic hydroxyl groups is 1. The molecule has 2 aliphatic carbocycles. The summed E-state index contributed by atoms with van der Waals surface area (Å²) < 4.78 is 5.96. The third kappa shape index (κ3) is 2.60. The summed E-state index contributed by atoms with van der Waals surface area (Å²) in [6, 6.07) is 10.4. The second-order valence-corrected chi connectivity index (χ2v) is 6.06. The Morgan fingerprint density at radius 3 is 2.44 bits per heavy atom. The van der Waals surface area contributed by atoms with E-state index < -0.39 is 0 Å². The van der Waals surface area contributed by atoms with Crippen molar-refractivity contribution in [3.05, 3.63) is 35.9 Å². The van der Waals surface area contributed by atoms with E-state index in [-0.39, 0.29) is 6.10 Å². The summed E-state index contributed by atoms with van der Waals surface area (Å²) in [5, 5.41) is 9.55. The predicted octanol–water partition coefficient (Wildman–Crippen LogP) is 3.29. The lowest BCUT2D eigenvalue weighted by atomic mass is 9.59. The zero-order valence-corrected chi connectivity index (χ0v) is 10.8. The molecule has 1 N–H and O–H groups in total. The minimum atomic E-state index is -0.0417. The third-order valence-corrected chi connectivity index (χ3v) is 4.67. The molecule has 0 saturated heterocycles. The molecule has 2 fully saturated rings. The van der Waals surface area contributed by atoms with Crippen molar-refractivity contribution in [2.75, 3.05) is 0 Å². The first kappa shape index (κ1) is 12.2. The van der Waals surface area contributed by atoms with Crippen LogP contribution in [0.2, 0.25) is 0 Å². The van der Waals surface area contributed by atoms with Gasteiger partial charge in [0.2, 0.25) is 0 Å². The maximum Gasteiger partial charge on any atom is 0.0720 e. The molecule has 0 atom stereocenters. The van der Waals surface area contributed by atoms with Gasteiger partial charge in [0.05, 0.1) is 18.8 Å². The Bertz CT molecular complexity index is 371. The summed E-state index contributed by atoms with van der Waals surface area (Å²) in [7, 11) is 0. The third-order valence-electron chi connectivity index (χ3n) is 4.67.